The van der Waals surface area contributed by atoms with Crippen molar-refractivity contribution in [2.45, 2.75) is 18.4 Å². The second-order valence-corrected chi connectivity index (χ2v) is 8.12. The lowest BCUT2D eigenvalue weighted by atomic mass is 9.76. The Morgan fingerprint density at radius 1 is 1.00 bits per heavy atom. The summed E-state index contributed by atoms with van der Waals surface area (Å²) in [4.78, 5) is 27.4. The van der Waals surface area contributed by atoms with Crippen LogP contribution in [-0.4, -0.2) is 30.2 Å². The van der Waals surface area contributed by atoms with E-state index < -0.39 is 11.4 Å². The van der Waals surface area contributed by atoms with Crippen LogP contribution in [0, 0.1) is 0 Å². The molecular formula is C25H19NO5. The van der Waals surface area contributed by atoms with Crippen molar-refractivity contribution in [1.82, 2.24) is 0 Å². The zero-order chi connectivity index (χ0) is 21.2. The summed E-state index contributed by atoms with van der Waals surface area (Å²) in [5.41, 5.74) is 3.50. The number of ether oxygens (including phenoxy) is 2. The molecule has 3 aromatic rings. The molecule has 3 aliphatic heterocycles. The van der Waals surface area contributed by atoms with E-state index in [2.05, 4.69) is 0 Å². The van der Waals surface area contributed by atoms with E-state index in [9.17, 15) is 14.7 Å². The number of carboxylic acids is 1. The van der Waals surface area contributed by atoms with E-state index in [1.165, 1.54) is 0 Å². The molecular weight excluding hydrogens is 394 g/mol. The molecule has 3 heterocycles. The minimum absolute atomic E-state index is 0.0912. The van der Waals surface area contributed by atoms with Gasteiger partial charge in [-0.2, -0.15) is 0 Å². The fourth-order valence-corrected chi connectivity index (χ4v) is 5.04. The number of anilines is 1. The number of benzene rings is 3. The van der Waals surface area contributed by atoms with Crippen molar-refractivity contribution in [3.63, 3.8) is 0 Å². The molecule has 0 aromatic heterocycles. The molecule has 0 saturated heterocycles. The normalized spacial score (nSPS) is 20.3. The molecule has 3 aromatic carbocycles. The van der Waals surface area contributed by atoms with E-state index in [0.717, 1.165) is 34.5 Å². The SMILES string of the molecule is O=C(O)c1ccccc1CN1C(=O)C2(COc3cc4c(cc32)CCO4)c2ccccc21. The van der Waals surface area contributed by atoms with Gasteiger partial charge in [-0.3, -0.25) is 4.79 Å². The van der Waals surface area contributed by atoms with Crippen molar-refractivity contribution in [2.75, 3.05) is 18.1 Å². The van der Waals surface area contributed by atoms with Gasteiger partial charge in [-0.05, 0) is 34.9 Å². The molecule has 154 valence electrons. The van der Waals surface area contributed by atoms with E-state index in [1.54, 1.807) is 29.2 Å². The number of carbonyl (C=O) groups is 2. The van der Waals surface area contributed by atoms with E-state index >= 15 is 0 Å². The van der Waals surface area contributed by atoms with Gasteiger partial charge in [-0.15, -0.1) is 0 Å². The molecule has 0 bridgehead atoms. The minimum atomic E-state index is -1.00. The lowest BCUT2D eigenvalue weighted by molar-refractivity contribution is -0.122. The highest BCUT2D eigenvalue weighted by atomic mass is 16.5. The molecule has 0 aliphatic carbocycles. The van der Waals surface area contributed by atoms with Crippen LogP contribution < -0.4 is 14.4 Å². The fraction of sp³-hybridized carbons (Fsp3) is 0.200. The molecule has 1 spiro atoms. The molecule has 0 saturated carbocycles. The third-order valence-corrected chi connectivity index (χ3v) is 6.54. The van der Waals surface area contributed by atoms with Crippen molar-refractivity contribution >= 4 is 17.6 Å². The Labute approximate surface area is 178 Å². The Hall–Kier alpha value is -3.80. The van der Waals surface area contributed by atoms with E-state index in [0.29, 0.717) is 17.9 Å². The molecule has 6 heteroatoms. The Morgan fingerprint density at radius 3 is 2.68 bits per heavy atom. The van der Waals surface area contributed by atoms with Gasteiger partial charge in [0.05, 0.1) is 18.7 Å². The average Bonchev–Trinajstić information content (AvgIpc) is 3.45. The molecule has 1 unspecified atom stereocenters. The number of aromatic carboxylic acids is 1. The summed E-state index contributed by atoms with van der Waals surface area (Å²) in [6.07, 6.45) is 0.810. The Balaban J connectivity index is 1.50. The summed E-state index contributed by atoms with van der Waals surface area (Å²) in [6, 6.07) is 18.5. The number of hydrogen-bond acceptors (Lipinski definition) is 4. The quantitative estimate of drug-likeness (QED) is 0.711. The maximum atomic E-state index is 14.0. The number of carbonyl (C=O) groups excluding carboxylic acids is 1. The molecule has 1 atom stereocenters. The topological polar surface area (TPSA) is 76.1 Å². The van der Waals surface area contributed by atoms with Crippen LogP contribution in [0.2, 0.25) is 0 Å². The maximum Gasteiger partial charge on any atom is 0.336 e. The van der Waals surface area contributed by atoms with Gasteiger partial charge in [-0.1, -0.05) is 36.4 Å². The van der Waals surface area contributed by atoms with Crippen molar-refractivity contribution < 1.29 is 24.2 Å². The van der Waals surface area contributed by atoms with Crippen LogP contribution in [0.15, 0.2) is 60.7 Å². The predicted molar refractivity (Wildman–Crippen MR) is 113 cm³/mol. The number of carboxylic acid groups (broad SMARTS) is 1. The highest BCUT2D eigenvalue weighted by molar-refractivity contribution is 6.11. The summed E-state index contributed by atoms with van der Waals surface area (Å²) < 4.78 is 11.7. The molecule has 1 amide bonds. The summed E-state index contributed by atoms with van der Waals surface area (Å²) >= 11 is 0. The fourth-order valence-electron chi connectivity index (χ4n) is 5.04. The van der Waals surface area contributed by atoms with Gasteiger partial charge in [0, 0.05) is 23.7 Å². The van der Waals surface area contributed by atoms with Gasteiger partial charge in [-0.25, -0.2) is 4.79 Å². The van der Waals surface area contributed by atoms with E-state index in [4.69, 9.17) is 9.47 Å². The first-order valence-electron chi connectivity index (χ1n) is 10.3. The number of rotatable bonds is 3. The summed E-state index contributed by atoms with van der Waals surface area (Å²) in [5, 5.41) is 9.59. The summed E-state index contributed by atoms with van der Waals surface area (Å²) in [5.74, 6) is 0.403. The van der Waals surface area contributed by atoms with Gasteiger partial charge in [0.25, 0.3) is 0 Å². The van der Waals surface area contributed by atoms with Gasteiger partial charge < -0.3 is 19.5 Å². The van der Waals surface area contributed by atoms with Gasteiger partial charge >= 0.3 is 5.97 Å². The highest BCUT2D eigenvalue weighted by Gasteiger charge is 2.57. The lowest BCUT2D eigenvalue weighted by Gasteiger charge is -2.24. The van der Waals surface area contributed by atoms with Crippen molar-refractivity contribution in [3.8, 4) is 11.5 Å². The Bertz CT molecular complexity index is 1270. The highest BCUT2D eigenvalue weighted by Crippen LogP contribution is 2.54. The smallest absolute Gasteiger partial charge is 0.336 e. The van der Waals surface area contributed by atoms with Crippen molar-refractivity contribution in [2.24, 2.45) is 0 Å². The average molecular weight is 413 g/mol. The maximum absolute atomic E-state index is 14.0. The Morgan fingerprint density at radius 2 is 1.81 bits per heavy atom. The zero-order valence-electron chi connectivity index (χ0n) is 16.6. The molecule has 31 heavy (non-hydrogen) atoms. The number of fused-ring (bicyclic) bond motifs is 5. The Kier molecular flexibility index (Phi) is 3.69. The van der Waals surface area contributed by atoms with Crippen LogP contribution in [0.3, 0.4) is 0 Å². The van der Waals surface area contributed by atoms with Gasteiger partial charge in [0.1, 0.15) is 23.5 Å². The van der Waals surface area contributed by atoms with Crippen molar-refractivity contribution in [3.05, 3.63) is 88.5 Å². The largest absolute Gasteiger partial charge is 0.493 e. The van der Waals surface area contributed by atoms with Crippen LogP contribution in [0.5, 0.6) is 11.5 Å². The number of amides is 1. The summed E-state index contributed by atoms with van der Waals surface area (Å²) in [7, 11) is 0. The predicted octanol–water partition coefficient (Wildman–Crippen LogP) is 3.55. The van der Waals surface area contributed by atoms with Crippen LogP contribution in [0.1, 0.15) is 32.6 Å². The minimum Gasteiger partial charge on any atom is -0.493 e. The zero-order valence-corrected chi connectivity index (χ0v) is 16.6. The van der Waals surface area contributed by atoms with Crippen LogP contribution in [0.4, 0.5) is 5.69 Å². The van der Waals surface area contributed by atoms with Crippen molar-refractivity contribution in [1.29, 1.82) is 0 Å². The molecule has 1 N–H and O–H groups in total. The second kappa shape index (κ2) is 6.35. The third kappa shape index (κ3) is 2.39. The third-order valence-electron chi connectivity index (χ3n) is 6.54. The van der Waals surface area contributed by atoms with Gasteiger partial charge in [0.2, 0.25) is 5.91 Å². The second-order valence-electron chi connectivity index (χ2n) is 8.12. The van der Waals surface area contributed by atoms with Gasteiger partial charge in [0.15, 0.2) is 0 Å². The molecule has 6 rings (SSSR count). The van der Waals surface area contributed by atoms with Crippen LogP contribution in [-0.2, 0) is 23.2 Å². The standard InChI is InChI=1S/C25H19NO5/c27-23(28)17-6-2-1-5-16(17)13-26-20-8-4-3-7-18(20)25(24(26)29)14-31-22-12-21-15(9-10-30-21)11-19(22)25/h1-8,11-12H,9-10,13-14H2,(H,27,28). The van der Waals surface area contributed by atoms with E-state index in [1.807, 2.05) is 36.4 Å². The molecule has 3 aliphatic rings. The van der Waals surface area contributed by atoms with E-state index in [-0.39, 0.29) is 24.6 Å². The number of nitrogens with zero attached hydrogens (tertiary/aromatic N) is 1. The first-order valence-corrected chi connectivity index (χ1v) is 10.3. The lowest BCUT2D eigenvalue weighted by Crippen LogP contribution is -2.42. The first kappa shape index (κ1) is 18.0. The number of hydrogen-bond donors (Lipinski definition) is 1. The molecule has 0 radical (unpaired) electrons. The van der Waals surface area contributed by atoms with Crippen LogP contribution in [0.25, 0.3) is 0 Å². The monoisotopic (exact) mass is 413 g/mol. The van der Waals surface area contributed by atoms with Crippen LogP contribution >= 0.6 is 0 Å². The molecule has 0 fully saturated rings. The molecule has 6 nitrogen and oxygen atoms in total. The number of para-hydroxylation sites is 1. The summed E-state index contributed by atoms with van der Waals surface area (Å²) in [6.45, 7) is 1.04. The first-order chi connectivity index (χ1) is 15.1.